The summed E-state index contributed by atoms with van der Waals surface area (Å²) in [7, 11) is 0. The Bertz CT molecular complexity index is 198. The van der Waals surface area contributed by atoms with Crippen LogP contribution in [0.1, 0.15) is 32.6 Å². The number of hydrogen-bond acceptors (Lipinski definition) is 3. The third-order valence-corrected chi connectivity index (χ3v) is 3.97. The largest absolute Gasteiger partial charge is 0.392 e. The van der Waals surface area contributed by atoms with Crippen LogP contribution >= 0.6 is 0 Å². The molecule has 3 unspecified atom stereocenters. The molecule has 1 saturated heterocycles. The van der Waals surface area contributed by atoms with Crippen LogP contribution in [-0.2, 0) is 0 Å². The highest BCUT2D eigenvalue weighted by Gasteiger charge is 2.27. The van der Waals surface area contributed by atoms with Crippen molar-refractivity contribution >= 4 is 0 Å². The number of aliphatic hydroxyl groups is 1. The van der Waals surface area contributed by atoms with Gasteiger partial charge in [0.15, 0.2) is 0 Å². The van der Waals surface area contributed by atoms with Gasteiger partial charge in [0, 0.05) is 12.6 Å². The molecule has 1 heterocycles. The normalized spacial score (nSPS) is 37.6. The summed E-state index contributed by atoms with van der Waals surface area (Å²) in [5, 5.41) is 13.2. The van der Waals surface area contributed by atoms with Crippen molar-refractivity contribution in [3.63, 3.8) is 0 Å². The summed E-state index contributed by atoms with van der Waals surface area (Å²) in [6.45, 7) is 7.01. The average Bonchev–Trinajstić information content (AvgIpc) is 2.84. The lowest BCUT2D eigenvalue weighted by Crippen LogP contribution is -2.39. The number of likely N-dealkylation sites (tertiary alicyclic amines) is 1. The van der Waals surface area contributed by atoms with Gasteiger partial charge in [0.2, 0.25) is 0 Å². The maximum atomic E-state index is 9.69. The van der Waals surface area contributed by atoms with Crippen LogP contribution in [0.2, 0.25) is 0 Å². The van der Waals surface area contributed by atoms with Gasteiger partial charge in [-0.15, -0.1) is 0 Å². The van der Waals surface area contributed by atoms with Gasteiger partial charge in [0.25, 0.3) is 0 Å². The molecule has 1 aliphatic heterocycles. The molecular weight excluding hydrogens is 188 g/mol. The first-order valence-corrected chi connectivity index (χ1v) is 6.43. The minimum atomic E-state index is -0.0892. The van der Waals surface area contributed by atoms with Crippen LogP contribution in [0.5, 0.6) is 0 Å². The minimum Gasteiger partial charge on any atom is -0.392 e. The highest BCUT2D eigenvalue weighted by molar-refractivity contribution is 4.85. The van der Waals surface area contributed by atoms with Crippen molar-refractivity contribution in [2.75, 3.05) is 26.2 Å². The zero-order valence-corrected chi connectivity index (χ0v) is 9.78. The number of rotatable bonds is 4. The molecule has 0 aromatic rings. The fourth-order valence-electron chi connectivity index (χ4n) is 2.86. The molecule has 0 amide bonds. The Morgan fingerprint density at radius 3 is 2.80 bits per heavy atom. The van der Waals surface area contributed by atoms with Crippen molar-refractivity contribution in [3.8, 4) is 0 Å². The Morgan fingerprint density at radius 2 is 2.20 bits per heavy atom. The molecule has 1 saturated carbocycles. The van der Waals surface area contributed by atoms with Crippen LogP contribution in [0.25, 0.3) is 0 Å². The molecule has 2 N–H and O–H groups in total. The van der Waals surface area contributed by atoms with E-state index in [4.69, 9.17) is 0 Å². The number of nitrogens with zero attached hydrogens (tertiary/aromatic N) is 1. The maximum absolute atomic E-state index is 9.69. The van der Waals surface area contributed by atoms with Gasteiger partial charge in [-0.25, -0.2) is 0 Å². The molecule has 2 rings (SSSR count). The SMILES string of the molecule is CCN1CCC(CNC2CCCC2O)C1. The van der Waals surface area contributed by atoms with Crippen molar-refractivity contribution in [3.05, 3.63) is 0 Å². The molecule has 15 heavy (non-hydrogen) atoms. The fraction of sp³-hybridized carbons (Fsp3) is 1.00. The van der Waals surface area contributed by atoms with Crippen LogP contribution in [0.15, 0.2) is 0 Å². The predicted octanol–water partition coefficient (Wildman–Crippen LogP) is 0.831. The Labute approximate surface area is 92.8 Å². The Morgan fingerprint density at radius 1 is 1.33 bits per heavy atom. The highest BCUT2D eigenvalue weighted by atomic mass is 16.3. The van der Waals surface area contributed by atoms with Gasteiger partial charge in [-0.3, -0.25) is 0 Å². The first kappa shape index (κ1) is 11.4. The van der Waals surface area contributed by atoms with E-state index < -0.39 is 0 Å². The Hall–Kier alpha value is -0.120. The summed E-state index contributed by atoms with van der Waals surface area (Å²) in [6.07, 6.45) is 4.57. The summed E-state index contributed by atoms with van der Waals surface area (Å²) in [5.74, 6) is 0.803. The van der Waals surface area contributed by atoms with E-state index in [1.165, 1.54) is 32.5 Å². The van der Waals surface area contributed by atoms with E-state index in [0.717, 1.165) is 25.3 Å². The van der Waals surface area contributed by atoms with Gasteiger partial charge < -0.3 is 15.3 Å². The molecule has 88 valence electrons. The van der Waals surface area contributed by atoms with E-state index in [1.807, 2.05) is 0 Å². The first-order chi connectivity index (χ1) is 7.29. The smallest absolute Gasteiger partial charge is 0.0693 e. The average molecular weight is 212 g/mol. The van der Waals surface area contributed by atoms with E-state index in [-0.39, 0.29) is 6.10 Å². The van der Waals surface area contributed by atoms with Crippen molar-refractivity contribution in [1.82, 2.24) is 10.2 Å². The molecule has 0 aromatic carbocycles. The minimum absolute atomic E-state index is 0.0892. The summed E-state index contributed by atoms with van der Waals surface area (Å²) in [6, 6.07) is 0.376. The Kier molecular flexibility index (Phi) is 4.00. The number of nitrogens with one attached hydrogen (secondary N) is 1. The fourth-order valence-corrected chi connectivity index (χ4v) is 2.86. The molecule has 0 bridgehead atoms. The van der Waals surface area contributed by atoms with Crippen LogP contribution in [-0.4, -0.2) is 48.3 Å². The van der Waals surface area contributed by atoms with E-state index >= 15 is 0 Å². The van der Waals surface area contributed by atoms with Crippen LogP contribution in [0, 0.1) is 5.92 Å². The van der Waals surface area contributed by atoms with Crippen molar-refractivity contribution in [2.45, 2.75) is 44.8 Å². The molecule has 0 spiro atoms. The van der Waals surface area contributed by atoms with Gasteiger partial charge in [-0.1, -0.05) is 6.92 Å². The lowest BCUT2D eigenvalue weighted by atomic mass is 10.1. The molecule has 1 aliphatic carbocycles. The molecule has 3 atom stereocenters. The first-order valence-electron chi connectivity index (χ1n) is 6.43. The number of aliphatic hydroxyl groups excluding tert-OH is 1. The van der Waals surface area contributed by atoms with E-state index in [9.17, 15) is 5.11 Å². The Balaban J connectivity index is 1.66. The monoisotopic (exact) mass is 212 g/mol. The van der Waals surface area contributed by atoms with Gasteiger partial charge in [0.05, 0.1) is 6.10 Å². The predicted molar refractivity (Wildman–Crippen MR) is 61.9 cm³/mol. The summed E-state index contributed by atoms with van der Waals surface area (Å²) >= 11 is 0. The second kappa shape index (κ2) is 5.28. The van der Waals surface area contributed by atoms with Gasteiger partial charge >= 0.3 is 0 Å². The summed E-state index contributed by atoms with van der Waals surface area (Å²) < 4.78 is 0. The highest BCUT2D eigenvalue weighted by Crippen LogP contribution is 2.20. The molecule has 0 radical (unpaired) electrons. The van der Waals surface area contributed by atoms with Crippen molar-refractivity contribution in [2.24, 2.45) is 5.92 Å². The van der Waals surface area contributed by atoms with Crippen LogP contribution < -0.4 is 5.32 Å². The molecule has 3 heteroatoms. The van der Waals surface area contributed by atoms with Gasteiger partial charge in [-0.2, -0.15) is 0 Å². The quantitative estimate of drug-likeness (QED) is 0.724. The second-order valence-electron chi connectivity index (χ2n) is 5.06. The third kappa shape index (κ3) is 2.92. The lowest BCUT2D eigenvalue weighted by molar-refractivity contribution is 0.147. The van der Waals surface area contributed by atoms with Gasteiger partial charge in [-0.05, 0) is 51.2 Å². The topological polar surface area (TPSA) is 35.5 Å². The standard InChI is InChI=1S/C12H24N2O/c1-2-14-7-6-10(9-14)8-13-11-4-3-5-12(11)15/h10-13,15H,2-9H2,1H3. The van der Waals surface area contributed by atoms with Gasteiger partial charge in [0.1, 0.15) is 0 Å². The molecule has 2 fully saturated rings. The molecular formula is C12H24N2O. The molecule has 0 aromatic heterocycles. The summed E-state index contributed by atoms with van der Waals surface area (Å²) in [4.78, 5) is 2.51. The van der Waals surface area contributed by atoms with Crippen molar-refractivity contribution < 1.29 is 5.11 Å². The zero-order valence-electron chi connectivity index (χ0n) is 9.78. The molecule has 2 aliphatic rings. The number of hydrogen-bond donors (Lipinski definition) is 2. The maximum Gasteiger partial charge on any atom is 0.0693 e. The lowest BCUT2D eigenvalue weighted by Gasteiger charge is -2.19. The van der Waals surface area contributed by atoms with Crippen LogP contribution in [0.4, 0.5) is 0 Å². The van der Waals surface area contributed by atoms with E-state index in [1.54, 1.807) is 0 Å². The second-order valence-corrected chi connectivity index (χ2v) is 5.06. The zero-order chi connectivity index (χ0) is 10.7. The van der Waals surface area contributed by atoms with E-state index in [2.05, 4.69) is 17.1 Å². The molecule has 3 nitrogen and oxygen atoms in total. The van der Waals surface area contributed by atoms with Crippen molar-refractivity contribution in [1.29, 1.82) is 0 Å². The van der Waals surface area contributed by atoms with Crippen LogP contribution in [0.3, 0.4) is 0 Å². The third-order valence-electron chi connectivity index (χ3n) is 3.97. The van der Waals surface area contributed by atoms with E-state index in [0.29, 0.717) is 6.04 Å². The summed E-state index contributed by atoms with van der Waals surface area (Å²) in [5.41, 5.74) is 0.